The second-order valence-electron chi connectivity index (χ2n) is 15.9. The normalized spacial score (nSPS) is 18.4. The van der Waals surface area contributed by atoms with Crippen LogP contribution in [0.4, 0.5) is 0 Å². The molecule has 1 aliphatic rings. The fourth-order valence-corrected chi connectivity index (χ4v) is 8.34. The predicted molar refractivity (Wildman–Crippen MR) is 215 cm³/mol. The van der Waals surface area contributed by atoms with E-state index in [2.05, 4.69) is 44.8 Å². The summed E-state index contributed by atoms with van der Waals surface area (Å²) in [5.74, 6) is -0.833. The van der Waals surface area contributed by atoms with Crippen LogP contribution in [0.15, 0.2) is 29.6 Å². The zero-order chi connectivity index (χ0) is 39.9. The number of nitrogens with zero attached hydrogens (tertiary/aromatic N) is 3. The topological polar surface area (TPSA) is 155 Å². The molecule has 1 fully saturated rings. The zero-order valence-electron chi connectivity index (χ0n) is 34.0. The number of likely N-dealkylation sites (N-methyl/N-ethyl adjacent to an activating group) is 1. The number of carbonyl (C=O) groups excluding carboxylic acids is 4. The lowest BCUT2D eigenvalue weighted by molar-refractivity contribution is -0.150. The number of thiazole rings is 1. The van der Waals surface area contributed by atoms with Gasteiger partial charge in [-0.1, -0.05) is 73.4 Å². The van der Waals surface area contributed by atoms with Crippen molar-refractivity contribution in [1.29, 1.82) is 0 Å². The maximum Gasteiger partial charge on any atom is 0.270 e. The number of aromatic hydroxyl groups is 1. The van der Waals surface area contributed by atoms with Crippen molar-refractivity contribution >= 4 is 34.7 Å². The average molecular weight is 770 g/mol. The number of piperidine rings is 1. The molecule has 0 aliphatic carbocycles. The summed E-state index contributed by atoms with van der Waals surface area (Å²) < 4.78 is 6.06. The van der Waals surface area contributed by atoms with Crippen LogP contribution < -0.4 is 11.1 Å². The Bertz CT molecular complexity index is 1480. The average Bonchev–Trinajstić information content (AvgIpc) is 3.66. The van der Waals surface area contributed by atoms with Crippen LogP contribution >= 0.6 is 11.3 Å². The minimum absolute atomic E-state index is 0.0283. The fourth-order valence-electron chi connectivity index (χ4n) is 7.46. The molecule has 54 heavy (non-hydrogen) atoms. The van der Waals surface area contributed by atoms with Gasteiger partial charge in [0.2, 0.25) is 5.91 Å². The number of amides is 2. The first kappa shape index (κ1) is 45.2. The number of phenolic OH excluding ortho intramolecular Hbond substituents is 1. The van der Waals surface area contributed by atoms with Gasteiger partial charge in [-0.05, 0) is 81.6 Å². The second-order valence-corrected chi connectivity index (χ2v) is 16.8. The molecule has 7 atom stereocenters. The van der Waals surface area contributed by atoms with Crippen molar-refractivity contribution in [3.63, 3.8) is 0 Å². The second kappa shape index (κ2) is 22.4. The Balaban J connectivity index is 1.81. The third-order valence-electron chi connectivity index (χ3n) is 11.2. The van der Waals surface area contributed by atoms with E-state index in [0.717, 1.165) is 49.2 Å². The highest BCUT2D eigenvalue weighted by molar-refractivity contribution is 7.09. The predicted octanol–water partition coefficient (Wildman–Crippen LogP) is 6.58. The fraction of sp³-hybridized carbons (Fsp3) is 0.690. The molecule has 302 valence electrons. The van der Waals surface area contributed by atoms with E-state index < -0.39 is 5.92 Å². The van der Waals surface area contributed by atoms with E-state index in [1.807, 2.05) is 25.8 Å². The summed E-state index contributed by atoms with van der Waals surface area (Å²) >= 11 is 1.42. The van der Waals surface area contributed by atoms with E-state index in [0.29, 0.717) is 31.6 Å². The maximum absolute atomic E-state index is 14.7. The van der Waals surface area contributed by atoms with Crippen molar-refractivity contribution < 1.29 is 29.0 Å². The minimum Gasteiger partial charge on any atom is -0.508 e. The number of aromatic nitrogens is 1. The molecule has 2 amide bonds. The molecule has 1 aromatic carbocycles. The standard InChI is InChI=1S/C42H67N5O6S/c1-9-19-53-26-47(42(52)34(28(5)10-2)23-38(49)36-13-11-12-18-46(36)8)37(27(3)4)21-30(7)41-45-35(25-54-41)40(51)44-32(20-29(6)39(50)24-43)22-31-14-16-33(48)17-15-31/h14-17,25,27-30,32,34,36-37,48H,9-13,18-24,26,43H2,1-8H3,(H,44,51)/t28?,29-,30+,32+,34-,36+,37?/m0/s1. The number of ether oxygens (including phenoxy) is 1. The molecule has 0 spiro atoms. The molecular formula is C42H67N5O6S. The van der Waals surface area contributed by atoms with Crippen molar-refractivity contribution in [2.45, 2.75) is 130 Å². The number of ketones is 2. The lowest BCUT2D eigenvalue weighted by Crippen LogP contribution is -2.50. The van der Waals surface area contributed by atoms with Crippen molar-refractivity contribution in [2.24, 2.45) is 29.4 Å². The number of hydrogen-bond donors (Lipinski definition) is 3. The number of Topliss-reactive ketones (excluding diaryl/α,β-unsaturated/α-hetero) is 2. The van der Waals surface area contributed by atoms with Gasteiger partial charge in [0.05, 0.1) is 17.6 Å². The zero-order valence-corrected chi connectivity index (χ0v) is 34.8. The first-order valence-electron chi connectivity index (χ1n) is 20.1. The molecule has 2 unspecified atom stereocenters. The Morgan fingerprint density at radius 1 is 1.07 bits per heavy atom. The number of benzene rings is 1. The molecule has 1 aliphatic heterocycles. The third-order valence-corrected chi connectivity index (χ3v) is 12.2. The van der Waals surface area contributed by atoms with Crippen LogP contribution in [0.3, 0.4) is 0 Å². The molecule has 2 heterocycles. The lowest BCUT2D eigenvalue weighted by atomic mass is 9.82. The van der Waals surface area contributed by atoms with Crippen LogP contribution in [0.1, 0.15) is 127 Å². The van der Waals surface area contributed by atoms with Crippen molar-refractivity contribution in [1.82, 2.24) is 20.1 Å². The Morgan fingerprint density at radius 2 is 1.78 bits per heavy atom. The highest BCUT2D eigenvalue weighted by atomic mass is 32.1. The van der Waals surface area contributed by atoms with Crippen LogP contribution in [0.25, 0.3) is 0 Å². The van der Waals surface area contributed by atoms with Crippen LogP contribution in [-0.4, -0.2) is 94.9 Å². The van der Waals surface area contributed by atoms with Crippen LogP contribution in [0.5, 0.6) is 5.75 Å². The lowest BCUT2D eigenvalue weighted by Gasteiger charge is -2.39. The van der Waals surface area contributed by atoms with Crippen LogP contribution in [0.2, 0.25) is 0 Å². The third kappa shape index (κ3) is 13.2. The molecule has 2 aromatic rings. The minimum atomic E-state index is -0.438. The summed E-state index contributed by atoms with van der Waals surface area (Å²) in [5, 5.41) is 15.4. The Hall–Kier alpha value is -3.19. The molecule has 11 nitrogen and oxygen atoms in total. The number of nitrogens with two attached hydrogens (primary N) is 1. The van der Waals surface area contributed by atoms with Gasteiger partial charge in [-0.3, -0.25) is 24.1 Å². The summed E-state index contributed by atoms with van der Waals surface area (Å²) in [7, 11) is 2.01. The summed E-state index contributed by atoms with van der Waals surface area (Å²) in [6.07, 6.45) is 6.31. The van der Waals surface area contributed by atoms with Gasteiger partial charge in [0.25, 0.3) is 5.91 Å². The SMILES string of the molecule is CCCOCN(C(=O)[C@@H](CC(=O)[C@H]1CCCCN1C)C(C)CC)C(C[C@@H](C)c1nc(C(=O)N[C@@H](Cc2ccc(O)cc2)C[C@H](C)C(=O)CN)cs1)C(C)C. The summed E-state index contributed by atoms with van der Waals surface area (Å²) in [4.78, 5) is 63.1. The molecule has 0 bridgehead atoms. The molecule has 0 saturated carbocycles. The van der Waals surface area contributed by atoms with Crippen LogP contribution in [-0.2, 0) is 25.5 Å². The van der Waals surface area contributed by atoms with Crippen LogP contribution in [0, 0.1) is 23.7 Å². The Kier molecular flexibility index (Phi) is 18.7. The number of nitrogens with one attached hydrogen (secondary N) is 1. The molecule has 12 heteroatoms. The smallest absolute Gasteiger partial charge is 0.270 e. The Morgan fingerprint density at radius 3 is 2.39 bits per heavy atom. The van der Waals surface area contributed by atoms with Gasteiger partial charge in [-0.2, -0.15) is 0 Å². The first-order chi connectivity index (χ1) is 25.7. The summed E-state index contributed by atoms with van der Waals surface area (Å²) in [6, 6.07) is 6.14. The molecule has 0 radical (unpaired) electrons. The van der Waals surface area contributed by atoms with E-state index in [9.17, 15) is 24.3 Å². The summed E-state index contributed by atoms with van der Waals surface area (Å²) in [5.41, 5.74) is 6.85. The largest absolute Gasteiger partial charge is 0.508 e. The molecular weight excluding hydrogens is 703 g/mol. The van der Waals surface area contributed by atoms with Gasteiger partial charge in [0.1, 0.15) is 24.0 Å². The van der Waals surface area contributed by atoms with E-state index >= 15 is 0 Å². The van der Waals surface area contributed by atoms with E-state index in [1.165, 1.54) is 11.3 Å². The van der Waals surface area contributed by atoms with E-state index in [1.54, 1.807) is 29.6 Å². The number of phenols is 1. The number of likely N-dealkylation sites (tertiary alicyclic amines) is 1. The van der Waals surface area contributed by atoms with Gasteiger partial charge >= 0.3 is 0 Å². The Labute approximate surface area is 327 Å². The quantitative estimate of drug-likeness (QED) is 0.0840. The number of carbonyl (C=O) groups is 4. The van der Waals surface area contributed by atoms with Crippen molar-refractivity contribution in [3.05, 3.63) is 45.9 Å². The van der Waals surface area contributed by atoms with Gasteiger partial charge in [0, 0.05) is 48.2 Å². The van der Waals surface area contributed by atoms with Crippen molar-refractivity contribution in [3.8, 4) is 5.75 Å². The molecule has 4 N–H and O–H groups in total. The number of rotatable bonds is 23. The monoisotopic (exact) mass is 769 g/mol. The molecule has 1 saturated heterocycles. The number of hydrogen-bond acceptors (Lipinski definition) is 10. The first-order valence-corrected chi connectivity index (χ1v) is 21.0. The van der Waals surface area contributed by atoms with Gasteiger partial charge in [-0.15, -0.1) is 11.3 Å². The van der Waals surface area contributed by atoms with E-state index in [4.69, 9.17) is 15.5 Å². The van der Waals surface area contributed by atoms with Gasteiger partial charge in [-0.25, -0.2) is 4.98 Å². The summed E-state index contributed by atoms with van der Waals surface area (Å²) in [6.45, 7) is 15.8. The molecule has 3 rings (SSSR count). The highest BCUT2D eigenvalue weighted by Crippen LogP contribution is 2.32. The van der Waals surface area contributed by atoms with Gasteiger partial charge in [0.15, 0.2) is 5.78 Å². The van der Waals surface area contributed by atoms with Crippen molar-refractivity contribution in [2.75, 3.05) is 33.5 Å². The highest BCUT2D eigenvalue weighted by Gasteiger charge is 2.38. The van der Waals surface area contributed by atoms with E-state index in [-0.39, 0.29) is 90.6 Å². The maximum atomic E-state index is 14.7. The van der Waals surface area contributed by atoms with Gasteiger partial charge < -0.3 is 25.8 Å². The molecule has 1 aromatic heterocycles.